The van der Waals surface area contributed by atoms with E-state index in [0.717, 1.165) is 36.3 Å². The summed E-state index contributed by atoms with van der Waals surface area (Å²) in [7, 11) is 1.59. The number of fused-ring (bicyclic) bond motifs is 1. The average Bonchev–Trinajstić information content (AvgIpc) is 2.86. The van der Waals surface area contributed by atoms with Gasteiger partial charge in [0, 0.05) is 18.1 Å². The molecule has 0 amide bonds. The number of hydrogen-bond donors (Lipinski definition) is 1. The van der Waals surface area contributed by atoms with Crippen molar-refractivity contribution in [3.63, 3.8) is 0 Å². The van der Waals surface area contributed by atoms with Gasteiger partial charge >= 0.3 is 5.97 Å². The fraction of sp³-hybridized carbons (Fsp3) is 0.630. The molecule has 0 unspecified atom stereocenters. The minimum atomic E-state index is -1.15. The molecule has 0 spiro atoms. The zero-order valence-corrected chi connectivity index (χ0v) is 19.7. The Kier molecular flexibility index (Phi) is 8.18. The third kappa shape index (κ3) is 6.03. The van der Waals surface area contributed by atoms with Gasteiger partial charge in [-0.15, -0.1) is 0 Å². The molecule has 2 aliphatic rings. The normalized spacial score (nSPS) is 23.5. The lowest BCUT2D eigenvalue weighted by Crippen LogP contribution is -2.44. The smallest absolute Gasteiger partial charge is 0.308 e. The van der Waals surface area contributed by atoms with Crippen LogP contribution in [0.4, 0.5) is 4.39 Å². The van der Waals surface area contributed by atoms with Crippen LogP contribution < -0.4 is 4.74 Å². The standard InChI is InChI=1S/C27H37FN2O3/c1-33-21-8-10-26-23(17-21)22(11-14-29-26)25(28)9-7-20-13-16-30(18-24(20)27(31)32)15-12-19-5-3-2-4-6-19/h8,10-11,14,17,19-20,24-25H,2-7,9,12-13,15-16,18H2,1H3,(H,31,32)/t20-,24+,25+/m1/s1. The Bertz CT molecular complexity index is 931. The number of nitrogens with zero attached hydrogens (tertiary/aromatic N) is 2. The maximum atomic E-state index is 15.4. The number of alkyl halides is 1. The number of pyridine rings is 1. The molecule has 1 saturated carbocycles. The minimum Gasteiger partial charge on any atom is -0.497 e. The van der Waals surface area contributed by atoms with E-state index >= 15 is 4.39 Å². The van der Waals surface area contributed by atoms with Crippen molar-refractivity contribution in [2.45, 2.75) is 64.0 Å². The van der Waals surface area contributed by atoms with Crippen molar-refractivity contribution in [3.8, 4) is 5.75 Å². The first kappa shape index (κ1) is 23.9. The monoisotopic (exact) mass is 456 g/mol. The molecule has 1 aliphatic heterocycles. The van der Waals surface area contributed by atoms with Gasteiger partial charge in [-0.25, -0.2) is 4.39 Å². The number of carboxylic acid groups (broad SMARTS) is 1. The Morgan fingerprint density at radius 2 is 2.03 bits per heavy atom. The van der Waals surface area contributed by atoms with E-state index in [1.54, 1.807) is 19.4 Å². The van der Waals surface area contributed by atoms with E-state index in [-0.39, 0.29) is 5.92 Å². The number of likely N-dealkylation sites (tertiary alicyclic amines) is 1. The molecule has 33 heavy (non-hydrogen) atoms. The number of halogens is 1. The van der Waals surface area contributed by atoms with Crippen molar-refractivity contribution < 1.29 is 19.0 Å². The number of aliphatic carboxylic acids is 1. The quantitative estimate of drug-likeness (QED) is 0.499. The molecule has 2 fully saturated rings. The van der Waals surface area contributed by atoms with Crippen molar-refractivity contribution in [1.82, 2.24) is 9.88 Å². The van der Waals surface area contributed by atoms with Crippen LogP contribution in [0.2, 0.25) is 0 Å². The molecule has 6 heteroatoms. The molecule has 2 aromatic rings. The summed E-state index contributed by atoms with van der Waals surface area (Å²) >= 11 is 0. The number of rotatable bonds is 9. The van der Waals surface area contributed by atoms with Gasteiger partial charge in [-0.3, -0.25) is 9.78 Å². The number of ether oxygens (including phenoxy) is 1. The van der Waals surface area contributed by atoms with Gasteiger partial charge in [0.1, 0.15) is 11.9 Å². The molecule has 1 saturated heterocycles. The molecule has 180 valence electrons. The second-order valence-electron chi connectivity index (χ2n) is 9.91. The first-order valence-corrected chi connectivity index (χ1v) is 12.6. The molecule has 0 radical (unpaired) electrons. The van der Waals surface area contributed by atoms with Crippen LogP contribution in [-0.2, 0) is 4.79 Å². The van der Waals surface area contributed by atoms with Crippen molar-refractivity contribution in [3.05, 3.63) is 36.0 Å². The van der Waals surface area contributed by atoms with E-state index in [2.05, 4.69) is 9.88 Å². The molecule has 0 bridgehead atoms. The van der Waals surface area contributed by atoms with E-state index in [1.165, 1.54) is 38.5 Å². The molecule has 1 aromatic heterocycles. The van der Waals surface area contributed by atoms with Gasteiger partial charge in [-0.05, 0) is 80.4 Å². The van der Waals surface area contributed by atoms with Crippen LogP contribution in [0.15, 0.2) is 30.5 Å². The number of hydrogen-bond acceptors (Lipinski definition) is 4. The average molecular weight is 457 g/mol. The van der Waals surface area contributed by atoms with E-state index in [1.807, 2.05) is 18.2 Å². The zero-order valence-electron chi connectivity index (χ0n) is 19.7. The van der Waals surface area contributed by atoms with E-state index in [0.29, 0.717) is 30.7 Å². The Morgan fingerprint density at radius 3 is 2.79 bits per heavy atom. The maximum Gasteiger partial charge on any atom is 0.308 e. The highest BCUT2D eigenvalue weighted by Crippen LogP contribution is 2.36. The molecule has 2 heterocycles. The van der Waals surface area contributed by atoms with Crippen LogP contribution in [0, 0.1) is 17.8 Å². The molecule has 3 atom stereocenters. The van der Waals surface area contributed by atoms with Crippen LogP contribution >= 0.6 is 0 Å². The number of methoxy groups -OCH3 is 1. The lowest BCUT2D eigenvalue weighted by molar-refractivity contribution is -0.146. The highest BCUT2D eigenvalue weighted by atomic mass is 19.1. The number of benzene rings is 1. The molecule has 1 aliphatic carbocycles. The number of carbonyl (C=O) groups is 1. The number of aromatic nitrogens is 1. The van der Waals surface area contributed by atoms with Crippen LogP contribution in [0.5, 0.6) is 5.75 Å². The summed E-state index contributed by atoms with van der Waals surface area (Å²) in [6.45, 7) is 2.52. The van der Waals surface area contributed by atoms with Gasteiger partial charge < -0.3 is 14.7 Å². The van der Waals surface area contributed by atoms with Gasteiger partial charge in [-0.1, -0.05) is 32.1 Å². The van der Waals surface area contributed by atoms with Crippen molar-refractivity contribution in [2.24, 2.45) is 17.8 Å². The third-order valence-electron chi connectivity index (χ3n) is 7.85. The molecule has 4 rings (SSSR count). The lowest BCUT2D eigenvalue weighted by Gasteiger charge is -2.37. The summed E-state index contributed by atoms with van der Waals surface area (Å²) in [5, 5.41) is 10.6. The lowest BCUT2D eigenvalue weighted by atomic mass is 9.81. The van der Waals surface area contributed by atoms with Gasteiger partial charge in [0.05, 0.1) is 18.5 Å². The Hall–Kier alpha value is -2.21. The summed E-state index contributed by atoms with van der Waals surface area (Å²) in [5.74, 6) is 0.356. The first-order valence-electron chi connectivity index (χ1n) is 12.6. The minimum absolute atomic E-state index is 0.0225. The summed E-state index contributed by atoms with van der Waals surface area (Å²) in [6, 6.07) is 7.23. The predicted octanol–water partition coefficient (Wildman–Crippen LogP) is 6.03. The largest absolute Gasteiger partial charge is 0.497 e. The fourth-order valence-corrected chi connectivity index (χ4v) is 5.80. The van der Waals surface area contributed by atoms with Crippen LogP contribution in [0.3, 0.4) is 0 Å². The maximum absolute atomic E-state index is 15.4. The van der Waals surface area contributed by atoms with E-state index in [4.69, 9.17) is 4.74 Å². The van der Waals surface area contributed by atoms with E-state index < -0.39 is 18.1 Å². The summed E-state index contributed by atoms with van der Waals surface area (Å²) < 4.78 is 20.7. The second kappa shape index (κ2) is 11.3. The zero-order chi connectivity index (χ0) is 23.2. The van der Waals surface area contributed by atoms with Crippen molar-refractivity contribution in [2.75, 3.05) is 26.7 Å². The predicted molar refractivity (Wildman–Crippen MR) is 128 cm³/mol. The van der Waals surface area contributed by atoms with Crippen molar-refractivity contribution >= 4 is 16.9 Å². The van der Waals surface area contributed by atoms with Crippen molar-refractivity contribution in [1.29, 1.82) is 0 Å². The van der Waals surface area contributed by atoms with Gasteiger partial charge in [0.25, 0.3) is 0 Å². The molecule has 5 nitrogen and oxygen atoms in total. The van der Waals surface area contributed by atoms with Crippen LogP contribution in [-0.4, -0.2) is 47.7 Å². The van der Waals surface area contributed by atoms with Crippen LogP contribution in [0.1, 0.15) is 69.5 Å². The molecular weight excluding hydrogens is 419 g/mol. The Labute approximate surface area is 196 Å². The highest BCUT2D eigenvalue weighted by molar-refractivity contribution is 5.83. The van der Waals surface area contributed by atoms with Gasteiger partial charge in [0.2, 0.25) is 0 Å². The molecule has 1 N–H and O–H groups in total. The summed E-state index contributed by atoms with van der Waals surface area (Å²) in [5.41, 5.74) is 1.35. The third-order valence-corrected chi connectivity index (χ3v) is 7.85. The fourth-order valence-electron chi connectivity index (χ4n) is 5.80. The Balaban J connectivity index is 1.34. The topological polar surface area (TPSA) is 62.7 Å². The number of piperidine rings is 1. The molecular formula is C27H37FN2O3. The summed E-state index contributed by atoms with van der Waals surface area (Å²) in [6.07, 6.45) is 10.1. The van der Waals surface area contributed by atoms with Crippen LogP contribution in [0.25, 0.3) is 10.9 Å². The molecule has 1 aromatic carbocycles. The van der Waals surface area contributed by atoms with Gasteiger partial charge in [-0.2, -0.15) is 0 Å². The van der Waals surface area contributed by atoms with E-state index in [9.17, 15) is 9.90 Å². The second-order valence-corrected chi connectivity index (χ2v) is 9.91. The van der Waals surface area contributed by atoms with Gasteiger partial charge in [0.15, 0.2) is 0 Å². The SMILES string of the molecule is COc1ccc2nccc([C@@H](F)CC[C@@H]3CCN(CCC4CCCCC4)C[C@@H]3C(=O)O)c2c1. The Morgan fingerprint density at radius 1 is 1.21 bits per heavy atom. The number of carboxylic acids is 1. The highest BCUT2D eigenvalue weighted by Gasteiger charge is 2.34. The summed E-state index contributed by atoms with van der Waals surface area (Å²) in [4.78, 5) is 18.7. The first-order chi connectivity index (χ1) is 16.0.